The summed E-state index contributed by atoms with van der Waals surface area (Å²) < 4.78 is 4.40. The van der Waals surface area contributed by atoms with Crippen LogP contribution in [0.4, 0.5) is 5.69 Å². The van der Waals surface area contributed by atoms with E-state index >= 15 is 0 Å². The van der Waals surface area contributed by atoms with Crippen molar-refractivity contribution in [3.8, 4) is 0 Å². The summed E-state index contributed by atoms with van der Waals surface area (Å²) in [6.45, 7) is 5.45. The average molecular weight is 519 g/mol. The number of hydrogen-bond acceptors (Lipinski definition) is 7. The Bertz CT molecular complexity index is 945. The zero-order valence-corrected chi connectivity index (χ0v) is 21.8. The molecule has 1 aromatic carbocycles. The number of unbranched alkanes of at least 4 members (excludes halogenated alkanes) is 2. The first-order valence-corrected chi connectivity index (χ1v) is 12.2. The number of methoxy groups -OCH3 is 1. The van der Waals surface area contributed by atoms with E-state index in [1.54, 1.807) is 45.0 Å². The average Bonchev–Trinajstić information content (AvgIpc) is 2.87. The summed E-state index contributed by atoms with van der Waals surface area (Å²) >= 11 is 0. The van der Waals surface area contributed by atoms with Crippen molar-refractivity contribution in [3.05, 3.63) is 42.0 Å². The minimum Gasteiger partial charge on any atom is -0.466 e. The number of nitrogens with one attached hydrogen (secondary N) is 4. The molecule has 0 aliphatic heterocycles. The maximum Gasteiger partial charge on any atom is 0.330 e. The molecule has 5 N–H and O–H groups in total. The number of anilines is 1. The Kier molecular flexibility index (Phi) is 14.3. The van der Waals surface area contributed by atoms with Crippen LogP contribution in [0.5, 0.6) is 0 Å². The van der Waals surface area contributed by atoms with Crippen molar-refractivity contribution in [2.45, 2.75) is 65.1 Å². The van der Waals surface area contributed by atoms with Crippen molar-refractivity contribution in [1.29, 1.82) is 0 Å². The number of amides is 4. The van der Waals surface area contributed by atoms with Gasteiger partial charge in [-0.25, -0.2) is 4.79 Å². The van der Waals surface area contributed by atoms with E-state index in [-0.39, 0.29) is 24.9 Å². The number of benzene rings is 1. The Labute approximate surface area is 217 Å². The lowest BCUT2D eigenvalue weighted by molar-refractivity contribution is -0.135. The molecule has 0 spiro atoms. The molecule has 0 saturated heterocycles. The van der Waals surface area contributed by atoms with Crippen LogP contribution in [0.3, 0.4) is 0 Å². The smallest absolute Gasteiger partial charge is 0.330 e. The molecule has 11 nitrogen and oxygen atoms in total. The van der Waals surface area contributed by atoms with Crippen LogP contribution in [0.25, 0.3) is 0 Å². The first-order chi connectivity index (χ1) is 17.6. The van der Waals surface area contributed by atoms with Crippen LogP contribution in [0.1, 0.15) is 52.0 Å². The van der Waals surface area contributed by atoms with E-state index in [1.165, 1.54) is 7.11 Å². The SMILES string of the molecule is COC(=O)/C=C\C(=O)NCCCCCC(=O)N[C@H](C(=O)N[C@@H](C)C(=O)Nc1ccc(CO)cc1)C(C)C. The quantitative estimate of drug-likeness (QED) is 0.132. The predicted molar refractivity (Wildman–Crippen MR) is 138 cm³/mol. The van der Waals surface area contributed by atoms with E-state index in [0.29, 0.717) is 37.1 Å². The molecule has 0 aliphatic rings. The molecule has 0 aromatic heterocycles. The van der Waals surface area contributed by atoms with Crippen LogP contribution in [-0.4, -0.2) is 60.4 Å². The summed E-state index contributed by atoms with van der Waals surface area (Å²) in [5, 5.41) is 19.8. The van der Waals surface area contributed by atoms with Gasteiger partial charge in [0.1, 0.15) is 12.1 Å². The van der Waals surface area contributed by atoms with Crippen molar-refractivity contribution in [1.82, 2.24) is 16.0 Å². The molecular formula is C26H38N4O7. The normalized spacial score (nSPS) is 12.5. The standard InChI is InChI=1S/C26H38N4O7/c1-17(2)24(26(36)28-18(3)25(35)29-20-11-9-19(16-31)10-12-20)30-22(33)8-6-5-7-15-27-21(32)13-14-23(34)37-4/h9-14,17-18,24,31H,5-8,15-16H2,1-4H3,(H,27,32)(H,28,36)(H,29,35)(H,30,33)/b14-13-/t18-,24-/m0/s1. The van der Waals surface area contributed by atoms with Crippen LogP contribution in [0.15, 0.2) is 36.4 Å². The molecule has 2 atom stereocenters. The lowest BCUT2D eigenvalue weighted by atomic mass is 10.0. The fraction of sp³-hybridized carbons (Fsp3) is 0.500. The fourth-order valence-electron chi connectivity index (χ4n) is 3.16. The molecule has 1 rings (SSSR count). The molecule has 11 heteroatoms. The number of carbonyl (C=O) groups excluding carboxylic acids is 5. The van der Waals surface area contributed by atoms with Gasteiger partial charge in [-0.05, 0) is 43.4 Å². The van der Waals surface area contributed by atoms with Gasteiger partial charge in [-0.15, -0.1) is 0 Å². The summed E-state index contributed by atoms with van der Waals surface area (Å²) in [6.07, 6.45) is 4.24. The van der Waals surface area contributed by atoms with Gasteiger partial charge < -0.3 is 31.1 Å². The van der Waals surface area contributed by atoms with Crippen LogP contribution in [-0.2, 0) is 35.3 Å². The minimum atomic E-state index is -0.833. The lowest BCUT2D eigenvalue weighted by Gasteiger charge is -2.24. The first kappa shape index (κ1) is 31.3. The summed E-state index contributed by atoms with van der Waals surface area (Å²) in [7, 11) is 1.22. The lowest BCUT2D eigenvalue weighted by Crippen LogP contribution is -2.53. The van der Waals surface area contributed by atoms with Gasteiger partial charge >= 0.3 is 5.97 Å². The van der Waals surface area contributed by atoms with E-state index in [0.717, 1.165) is 12.2 Å². The van der Waals surface area contributed by atoms with Crippen molar-refractivity contribution in [2.24, 2.45) is 5.92 Å². The monoisotopic (exact) mass is 518 g/mol. The Balaban J connectivity index is 2.40. The highest BCUT2D eigenvalue weighted by Crippen LogP contribution is 2.10. The van der Waals surface area contributed by atoms with Crippen molar-refractivity contribution in [2.75, 3.05) is 19.0 Å². The van der Waals surface area contributed by atoms with E-state index in [4.69, 9.17) is 5.11 Å². The minimum absolute atomic E-state index is 0.0984. The third-order valence-electron chi connectivity index (χ3n) is 5.37. The van der Waals surface area contributed by atoms with Gasteiger partial charge in [0.15, 0.2) is 0 Å². The summed E-state index contributed by atoms with van der Waals surface area (Å²) in [5.74, 6) is -2.36. The van der Waals surface area contributed by atoms with Crippen molar-refractivity contribution in [3.63, 3.8) is 0 Å². The molecule has 0 radical (unpaired) electrons. The molecule has 37 heavy (non-hydrogen) atoms. The van der Waals surface area contributed by atoms with Gasteiger partial charge in [0.25, 0.3) is 0 Å². The van der Waals surface area contributed by atoms with Crippen molar-refractivity contribution < 1.29 is 33.8 Å². The molecule has 0 aliphatic carbocycles. The Hall–Kier alpha value is -3.73. The number of esters is 1. The van der Waals surface area contributed by atoms with Crippen LogP contribution in [0.2, 0.25) is 0 Å². The molecular weight excluding hydrogens is 480 g/mol. The second-order valence-electron chi connectivity index (χ2n) is 8.82. The molecule has 0 heterocycles. The summed E-state index contributed by atoms with van der Waals surface area (Å²) in [4.78, 5) is 60.1. The fourth-order valence-corrected chi connectivity index (χ4v) is 3.16. The van der Waals surface area contributed by atoms with Gasteiger partial charge in [-0.2, -0.15) is 0 Å². The number of ether oxygens (including phenoxy) is 1. The first-order valence-electron chi connectivity index (χ1n) is 12.2. The van der Waals surface area contributed by atoms with Crippen molar-refractivity contribution >= 4 is 35.3 Å². The number of rotatable bonds is 15. The zero-order valence-electron chi connectivity index (χ0n) is 21.8. The van der Waals surface area contributed by atoms with Gasteiger partial charge in [0.2, 0.25) is 23.6 Å². The molecule has 204 valence electrons. The number of hydrogen-bond donors (Lipinski definition) is 5. The highest BCUT2D eigenvalue weighted by molar-refractivity contribution is 5.98. The Morgan fingerprint density at radius 2 is 1.59 bits per heavy atom. The molecule has 4 amide bonds. The second kappa shape index (κ2) is 16.9. The second-order valence-corrected chi connectivity index (χ2v) is 8.82. The van der Waals surface area contributed by atoms with E-state index in [9.17, 15) is 24.0 Å². The molecule has 0 unspecified atom stereocenters. The number of carbonyl (C=O) groups is 5. The highest BCUT2D eigenvalue weighted by Gasteiger charge is 2.26. The third-order valence-corrected chi connectivity index (χ3v) is 5.37. The Morgan fingerprint density at radius 1 is 0.919 bits per heavy atom. The Morgan fingerprint density at radius 3 is 2.19 bits per heavy atom. The molecule has 0 saturated carbocycles. The zero-order chi connectivity index (χ0) is 27.8. The van der Waals surface area contributed by atoms with Gasteiger partial charge in [0.05, 0.1) is 13.7 Å². The molecule has 1 aromatic rings. The molecule has 0 bridgehead atoms. The highest BCUT2D eigenvalue weighted by atomic mass is 16.5. The molecule has 0 fully saturated rings. The van der Waals surface area contributed by atoms with E-state index < -0.39 is 35.8 Å². The maximum absolute atomic E-state index is 12.8. The number of aliphatic hydroxyl groups excluding tert-OH is 1. The van der Waals surface area contributed by atoms with Gasteiger partial charge in [-0.1, -0.05) is 32.4 Å². The van der Waals surface area contributed by atoms with E-state index in [1.807, 2.05) is 0 Å². The van der Waals surface area contributed by atoms with Gasteiger partial charge in [0, 0.05) is 30.8 Å². The topological polar surface area (TPSA) is 163 Å². The van der Waals surface area contributed by atoms with Gasteiger partial charge in [-0.3, -0.25) is 19.2 Å². The summed E-state index contributed by atoms with van der Waals surface area (Å²) in [5.41, 5.74) is 1.25. The predicted octanol–water partition coefficient (Wildman–Crippen LogP) is 1.17. The summed E-state index contributed by atoms with van der Waals surface area (Å²) in [6, 6.07) is 5.05. The largest absolute Gasteiger partial charge is 0.466 e. The van der Waals surface area contributed by atoms with E-state index in [2.05, 4.69) is 26.0 Å². The maximum atomic E-state index is 12.8. The van der Waals surface area contributed by atoms with Crippen LogP contribution in [0, 0.1) is 5.92 Å². The number of aliphatic hydroxyl groups is 1. The van der Waals surface area contributed by atoms with Crippen LogP contribution < -0.4 is 21.3 Å². The third kappa shape index (κ3) is 12.7. The van der Waals surface area contributed by atoms with Crippen LogP contribution >= 0.6 is 0 Å².